The topological polar surface area (TPSA) is 73.7 Å². The predicted molar refractivity (Wildman–Crippen MR) is 110 cm³/mol. The van der Waals surface area contributed by atoms with E-state index in [-0.39, 0.29) is 5.56 Å². The van der Waals surface area contributed by atoms with Crippen molar-refractivity contribution in [2.24, 2.45) is 0 Å². The summed E-state index contributed by atoms with van der Waals surface area (Å²) >= 11 is 1.78. The molecule has 1 aromatic heterocycles. The van der Waals surface area contributed by atoms with E-state index in [9.17, 15) is 9.59 Å². The number of aromatic nitrogens is 2. The molecular formula is C20H19N3O4S. The van der Waals surface area contributed by atoms with Crippen LogP contribution in [0.3, 0.4) is 0 Å². The van der Waals surface area contributed by atoms with E-state index in [1.807, 2.05) is 24.3 Å². The van der Waals surface area contributed by atoms with Crippen molar-refractivity contribution in [2.45, 2.75) is 0 Å². The highest BCUT2D eigenvalue weighted by Crippen LogP contribution is 2.26. The highest BCUT2D eigenvalue weighted by molar-refractivity contribution is 7.99. The molecule has 0 radical (unpaired) electrons. The number of rotatable bonds is 4. The van der Waals surface area contributed by atoms with Crippen molar-refractivity contribution < 1.29 is 14.3 Å². The number of nitrogens with zero attached hydrogens (tertiary/aromatic N) is 3. The number of esters is 1. The number of thioether (sulfide) groups is 1. The number of carbonyl (C=O) groups excluding carboxylic acids is 1. The summed E-state index contributed by atoms with van der Waals surface area (Å²) in [5.74, 6) is 2.47. The summed E-state index contributed by atoms with van der Waals surface area (Å²) < 4.78 is 11.7. The zero-order valence-corrected chi connectivity index (χ0v) is 16.4. The molecular weight excluding hydrogens is 378 g/mol. The first-order chi connectivity index (χ1) is 13.6. The van der Waals surface area contributed by atoms with E-state index in [0.717, 1.165) is 18.2 Å². The average Bonchev–Trinajstić information content (AvgIpc) is 3.27. The maximum absolute atomic E-state index is 13.4. The smallest absolute Gasteiger partial charge is 0.337 e. The molecule has 1 saturated heterocycles. The number of hydrogen-bond acceptors (Lipinski definition) is 7. The first-order valence-electron chi connectivity index (χ1n) is 8.74. The van der Waals surface area contributed by atoms with Crippen LogP contribution in [-0.4, -0.2) is 47.9 Å². The van der Waals surface area contributed by atoms with Crippen LogP contribution in [0.25, 0.3) is 16.6 Å². The second-order valence-corrected chi connectivity index (χ2v) is 7.35. The van der Waals surface area contributed by atoms with Crippen molar-refractivity contribution in [1.82, 2.24) is 9.55 Å². The van der Waals surface area contributed by atoms with Gasteiger partial charge in [-0.3, -0.25) is 4.79 Å². The highest BCUT2D eigenvalue weighted by Gasteiger charge is 2.22. The van der Waals surface area contributed by atoms with E-state index < -0.39 is 5.97 Å². The van der Waals surface area contributed by atoms with Crippen molar-refractivity contribution in [3.63, 3.8) is 0 Å². The van der Waals surface area contributed by atoms with Crippen molar-refractivity contribution in [2.75, 3.05) is 37.3 Å². The van der Waals surface area contributed by atoms with Crippen molar-refractivity contribution in [1.29, 1.82) is 0 Å². The molecule has 2 aromatic carbocycles. The Morgan fingerprint density at radius 3 is 2.75 bits per heavy atom. The minimum absolute atomic E-state index is 0.193. The van der Waals surface area contributed by atoms with Gasteiger partial charge in [0.15, 0.2) is 0 Å². The lowest BCUT2D eigenvalue weighted by molar-refractivity contribution is 0.0601. The number of benzene rings is 2. The molecule has 0 saturated carbocycles. The van der Waals surface area contributed by atoms with E-state index in [4.69, 9.17) is 14.5 Å². The molecule has 8 heteroatoms. The molecule has 4 rings (SSSR count). The van der Waals surface area contributed by atoms with Gasteiger partial charge in [0.05, 0.1) is 42.3 Å². The molecule has 0 atom stereocenters. The van der Waals surface area contributed by atoms with Crippen LogP contribution in [0.5, 0.6) is 5.75 Å². The van der Waals surface area contributed by atoms with Crippen LogP contribution in [0.15, 0.2) is 47.3 Å². The van der Waals surface area contributed by atoms with Gasteiger partial charge in [0.25, 0.3) is 5.56 Å². The lowest BCUT2D eigenvalue weighted by atomic mass is 10.1. The van der Waals surface area contributed by atoms with Gasteiger partial charge in [-0.15, -0.1) is 11.8 Å². The Hall–Kier alpha value is -3.00. The number of fused-ring (bicyclic) bond motifs is 1. The largest absolute Gasteiger partial charge is 0.497 e. The summed E-state index contributed by atoms with van der Waals surface area (Å²) in [6.45, 7) is 0.795. The van der Waals surface area contributed by atoms with Gasteiger partial charge >= 0.3 is 5.97 Å². The van der Waals surface area contributed by atoms with Crippen LogP contribution in [0, 0.1) is 0 Å². The molecule has 0 amide bonds. The molecule has 144 valence electrons. The summed E-state index contributed by atoms with van der Waals surface area (Å²) in [5.41, 5.74) is 1.32. The van der Waals surface area contributed by atoms with Crippen LogP contribution in [0.1, 0.15) is 10.4 Å². The SMILES string of the molecule is COC(=O)c1ccc2c(=O)n(-c3cccc(OC)c3)c(N3CCSC3)nc2c1. The summed E-state index contributed by atoms with van der Waals surface area (Å²) in [5, 5.41) is 0.436. The van der Waals surface area contributed by atoms with E-state index in [1.54, 1.807) is 41.6 Å². The Morgan fingerprint density at radius 2 is 2.04 bits per heavy atom. The van der Waals surface area contributed by atoms with Crippen LogP contribution in [-0.2, 0) is 4.74 Å². The van der Waals surface area contributed by atoms with Gasteiger partial charge in [-0.2, -0.15) is 0 Å². The summed E-state index contributed by atoms with van der Waals surface area (Å²) in [7, 11) is 2.92. The van der Waals surface area contributed by atoms with Gasteiger partial charge in [0, 0.05) is 18.4 Å². The van der Waals surface area contributed by atoms with E-state index in [2.05, 4.69) is 4.90 Å². The maximum atomic E-state index is 13.4. The fourth-order valence-corrected chi connectivity index (χ4v) is 4.13. The molecule has 0 spiro atoms. The molecule has 0 bridgehead atoms. The van der Waals surface area contributed by atoms with Crippen LogP contribution in [0.4, 0.5) is 5.95 Å². The van der Waals surface area contributed by atoms with Crippen LogP contribution in [0.2, 0.25) is 0 Å². The normalized spacial score (nSPS) is 13.7. The number of hydrogen-bond donors (Lipinski definition) is 0. The van der Waals surface area contributed by atoms with Gasteiger partial charge in [0.1, 0.15) is 5.75 Å². The van der Waals surface area contributed by atoms with Gasteiger partial charge in [0.2, 0.25) is 5.95 Å². The number of anilines is 1. The second kappa shape index (κ2) is 7.55. The standard InChI is InChI=1S/C20H19N3O4S/c1-26-15-5-3-4-14(11-15)23-18(24)16-7-6-13(19(25)27-2)10-17(16)21-20(23)22-8-9-28-12-22/h3-7,10-11H,8-9,12H2,1-2H3. The minimum Gasteiger partial charge on any atom is -0.497 e. The monoisotopic (exact) mass is 397 g/mol. The van der Waals surface area contributed by atoms with E-state index in [1.165, 1.54) is 7.11 Å². The first kappa shape index (κ1) is 18.4. The fraction of sp³-hybridized carbons (Fsp3) is 0.250. The minimum atomic E-state index is -0.459. The Morgan fingerprint density at radius 1 is 1.18 bits per heavy atom. The third-order valence-corrected chi connectivity index (χ3v) is 5.59. The second-order valence-electron chi connectivity index (χ2n) is 6.28. The molecule has 28 heavy (non-hydrogen) atoms. The molecule has 1 aliphatic rings. The molecule has 3 aromatic rings. The number of carbonyl (C=O) groups is 1. The maximum Gasteiger partial charge on any atom is 0.337 e. The molecule has 0 N–H and O–H groups in total. The zero-order valence-electron chi connectivity index (χ0n) is 15.5. The summed E-state index contributed by atoms with van der Waals surface area (Å²) in [6.07, 6.45) is 0. The van der Waals surface area contributed by atoms with E-state index in [0.29, 0.717) is 33.9 Å². The molecule has 0 unspecified atom stereocenters. The van der Waals surface area contributed by atoms with Gasteiger partial charge < -0.3 is 14.4 Å². The summed E-state index contributed by atoms with van der Waals surface area (Å²) in [4.78, 5) is 32.1. The number of methoxy groups -OCH3 is 2. The van der Waals surface area contributed by atoms with Crippen LogP contribution < -0.4 is 15.2 Å². The Bertz CT molecular complexity index is 1110. The predicted octanol–water partition coefficient (Wildman–Crippen LogP) is 2.69. The van der Waals surface area contributed by atoms with Gasteiger partial charge in [-0.05, 0) is 30.3 Å². The molecule has 7 nitrogen and oxygen atoms in total. The molecule has 1 aliphatic heterocycles. The third-order valence-electron chi connectivity index (χ3n) is 4.62. The van der Waals surface area contributed by atoms with Crippen molar-refractivity contribution in [3.8, 4) is 11.4 Å². The van der Waals surface area contributed by atoms with E-state index >= 15 is 0 Å². The Labute approximate surface area is 165 Å². The van der Waals surface area contributed by atoms with Crippen molar-refractivity contribution >= 4 is 34.6 Å². The molecule has 2 heterocycles. The lowest BCUT2D eigenvalue weighted by Crippen LogP contribution is -2.30. The van der Waals surface area contributed by atoms with Gasteiger partial charge in [-0.1, -0.05) is 6.07 Å². The fourth-order valence-electron chi connectivity index (χ4n) is 3.19. The highest BCUT2D eigenvalue weighted by atomic mass is 32.2. The van der Waals surface area contributed by atoms with Crippen molar-refractivity contribution in [3.05, 3.63) is 58.4 Å². The van der Waals surface area contributed by atoms with Crippen LogP contribution >= 0.6 is 11.8 Å². The Balaban J connectivity index is 1.98. The summed E-state index contributed by atoms with van der Waals surface area (Å²) in [6, 6.07) is 12.1. The zero-order chi connectivity index (χ0) is 19.7. The third kappa shape index (κ3) is 3.20. The Kier molecular flexibility index (Phi) is 4.95. The lowest BCUT2D eigenvalue weighted by Gasteiger charge is -2.21. The first-order valence-corrected chi connectivity index (χ1v) is 9.90. The number of ether oxygens (including phenoxy) is 2. The average molecular weight is 397 g/mol. The van der Waals surface area contributed by atoms with Gasteiger partial charge in [-0.25, -0.2) is 14.3 Å². The molecule has 0 aliphatic carbocycles. The molecule has 1 fully saturated rings. The quantitative estimate of drug-likeness (QED) is 0.627.